The summed E-state index contributed by atoms with van der Waals surface area (Å²) < 4.78 is 11.5. The lowest BCUT2D eigenvalue weighted by Gasteiger charge is -2.28. The van der Waals surface area contributed by atoms with Crippen LogP contribution in [0.5, 0.6) is 11.5 Å². The Labute approximate surface area is 115 Å². The van der Waals surface area contributed by atoms with Gasteiger partial charge in [-0.2, -0.15) is 0 Å². The topological polar surface area (TPSA) is 30.5 Å². The maximum atomic E-state index is 6.05. The van der Waals surface area contributed by atoms with Crippen LogP contribution in [-0.2, 0) is 0 Å². The van der Waals surface area contributed by atoms with Gasteiger partial charge in [-0.25, -0.2) is 0 Å². The Morgan fingerprint density at radius 2 is 1.95 bits per heavy atom. The van der Waals surface area contributed by atoms with Crippen LogP contribution in [0.4, 0.5) is 0 Å². The van der Waals surface area contributed by atoms with E-state index >= 15 is 0 Å². The Balaban J connectivity index is 1.78. The number of rotatable bonds is 4. The molecule has 2 fully saturated rings. The number of benzene rings is 1. The Kier molecular flexibility index (Phi) is 3.92. The number of nitrogens with one attached hydrogen (secondary N) is 1. The van der Waals surface area contributed by atoms with Crippen LogP contribution in [0.1, 0.15) is 50.1 Å². The van der Waals surface area contributed by atoms with Gasteiger partial charge in [0, 0.05) is 6.04 Å². The van der Waals surface area contributed by atoms with Crippen molar-refractivity contribution in [1.29, 1.82) is 0 Å². The molecule has 1 atom stereocenters. The van der Waals surface area contributed by atoms with Crippen LogP contribution in [-0.4, -0.2) is 19.8 Å². The minimum atomic E-state index is 0.392. The Morgan fingerprint density at radius 1 is 1.05 bits per heavy atom. The quantitative estimate of drug-likeness (QED) is 0.900. The van der Waals surface area contributed by atoms with E-state index in [9.17, 15) is 0 Å². The van der Waals surface area contributed by atoms with Gasteiger partial charge in [0.1, 0.15) is 0 Å². The second kappa shape index (κ2) is 5.83. The lowest BCUT2D eigenvalue weighted by atomic mass is 9.95. The number of methoxy groups -OCH3 is 1. The third kappa shape index (κ3) is 2.86. The molecule has 1 N–H and O–H groups in total. The molecule has 0 bridgehead atoms. The SMILES string of the molecule is COc1ccc(C2CCCCN2)cc1OC1CCC1. The number of piperidine rings is 1. The van der Waals surface area contributed by atoms with Gasteiger partial charge < -0.3 is 14.8 Å². The summed E-state index contributed by atoms with van der Waals surface area (Å²) in [5.41, 5.74) is 1.33. The van der Waals surface area contributed by atoms with Crippen LogP contribution in [0, 0.1) is 0 Å². The molecule has 1 heterocycles. The summed E-state index contributed by atoms with van der Waals surface area (Å²) in [6, 6.07) is 6.85. The molecule has 1 saturated carbocycles. The van der Waals surface area contributed by atoms with Crippen molar-refractivity contribution in [2.75, 3.05) is 13.7 Å². The van der Waals surface area contributed by atoms with E-state index in [1.807, 2.05) is 6.07 Å². The van der Waals surface area contributed by atoms with E-state index in [1.165, 1.54) is 44.1 Å². The molecular formula is C16H23NO2. The number of ether oxygens (including phenoxy) is 2. The van der Waals surface area contributed by atoms with Crippen molar-refractivity contribution in [3.8, 4) is 11.5 Å². The summed E-state index contributed by atoms with van der Waals surface area (Å²) in [4.78, 5) is 0. The average molecular weight is 261 g/mol. The summed E-state index contributed by atoms with van der Waals surface area (Å²) >= 11 is 0. The smallest absolute Gasteiger partial charge is 0.161 e. The monoisotopic (exact) mass is 261 g/mol. The lowest BCUT2D eigenvalue weighted by molar-refractivity contribution is 0.116. The van der Waals surface area contributed by atoms with Crippen molar-refractivity contribution in [3.05, 3.63) is 23.8 Å². The summed E-state index contributed by atoms with van der Waals surface area (Å²) in [5, 5.41) is 3.58. The molecule has 104 valence electrons. The molecule has 3 rings (SSSR count). The van der Waals surface area contributed by atoms with Gasteiger partial charge in [0.15, 0.2) is 11.5 Å². The molecule has 0 radical (unpaired) electrons. The van der Waals surface area contributed by atoms with Crippen LogP contribution < -0.4 is 14.8 Å². The zero-order chi connectivity index (χ0) is 13.1. The minimum absolute atomic E-state index is 0.392. The first-order valence-corrected chi connectivity index (χ1v) is 7.45. The highest BCUT2D eigenvalue weighted by Gasteiger charge is 2.22. The molecule has 1 aliphatic carbocycles. The van der Waals surface area contributed by atoms with Crippen LogP contribution in [0.2, 0.25) is 0 Å². The molecule has 1 aliphatic heterocycles. The van der Waals surface area contributed by atoms with E-state index in [0.29, 0.717) is 12.1 Å². The fourth-order valence-electron chi connectivity index (χ4n) is 2.81. The van der Waals surface area contributed by atoms with Crippen LogP contribution >= 0.6 is 0 Å². The minimum Gasteiger partial charge on any atom is -0.493 e. The fraction of sp³-hybridized carbons (Fsp3) is 0.625. The normalized spacial score (nSPS) is 23.7. The Morgan fingerprint density at radius 3 is 2.58 bits per heavy atom. The molecule has 1 saturated heterocycles. The van der Waals surface area contributed by atoms with Gasteiger partial charge in [-0.1, -0.05) is 12.5 Å². The van der Waals surface area contributed by atoms with Crippen molar-refractivity contribution < 1.29 is 9.47 Å². The van der Waals surface area contributed by atoms with Gasteiger partial charge in [0.25, 0.3) is 0 Å². The van der Waals surface area contributed by atoms with E-state index in [2.05, 4.69) is 17.4 Å². The molecule has 1 unspecified atom stereocenters. The summed E-state index contributed by atoms with van der Waals surface area (Å²) in [6.45, 7) is 1.12. The van der Waals surface area contributed by atoms with E-state index in [1.54, 1.807) is 7.11 Å². The Bertz CT molecular complexity index is 423. The average Bonchev–Trinajstić information content (AvgIpc) is 2.43. The number of hydrogen-bond acceptors (Lipinski definition) is 3. The van der Waals surface area contributed by atoms with Gasteiger partial charge in [-0.3, -0.25) is 0 Å². The summed E-state index contributed by atoms with van der Waals surface area (Å²) in [5.74, 6) is 1.77. The second-order valence-electron chi connectivity index (χ2n) is 5.58. The van der Waals surface area contributed by atoms with Crippen molar-refractivity contribution in [1.82, 2.24) is 5.32 Å². The summed E-state index contributed by atoms with van der Waals surface area (Å²) in [7, 11) is 1.71. The predicted octanol–water partition coefficient (Wildman–Crippen LogP) is 3.44. The van der Waals surface area contributed by atoms with Gasteiger partial charge >= 0.3 is 0 Å². The van der Waals surface area contributed by atoms with Gasteiger partial charge in [-0.05, 0) is 56.3 Å². The van der Waals surface area contributed by atoms with Crippen LogP contribution in [0.25, 0.3) is 0 Å². The molecule has 1 aromatic rings. The van der Waals surface area contributed by atoms with Crippen LogP contribution in [0.15, 0.2) is 18.2 Å². The zero-order valence-corrected chi connectivity index (χ0v) is 11.7. The lowest BCUT2D eigenvalue weighted by Crippen LogP contribution is -2.27. The van der Waals surface area contributed by atoms with Crippen molar-refractivity contribution >= 4 is 0 Å². The predicted molar refractivity (Wildman–Crippen MR) is 75.9 cm³/mol. The van der Waals surface area contributed by atoms with E-state index in [-0.39, 0.29) is 0 Å². The molecule has 2 aliphatic rings. The summed E-state index contributed by atoms with van der Waals surface area (Å²) in [6.07, 6.45) is 7.85. The molecular weight excluding hydrogens is 238 g/mol. The highest BCUT2D eigenvalue weighted by atomic mass is 16.5. The third-order valence-corrected chi connectivity index (χ3v) is 4.25. The second-order valence-corrected chi connectivity index (χ2v) is 5.58. The van der Waals surface area contributed by atoms with E-state index in [0.717, 1.165) is 18.0 Å². The van der Waals surface area contributed by atoms with Crippen molar-refractivity contribution in [2.45, 2.75) is 50.7 Å². The molecule has 0 amide bonds. The number of hydrogen-bond donors (Lipinski definition) is 1. The van der Waals surface area contributed by atoms with Crippen molar-refractivity contribution in [2.24, 2.45) is 0 Å². The maximum absolute atomic E-state index is 6.05. The standard InChI is InChI=1S/C16H23NO2/c1-18-15-9-8-12(14-7-2-3-10-17-14)11-16(15)19-13-5-4-6-13/h8-9,11,13-14,17H,2-7,10H2,1H3. The molecule has 1 aromatic carbocycles. The van der Waals surface area contributed by atoms with Crippen molar-refractivity contribution in [3.63, 3.8) is 0 Å². The molecule has 3 nitrogen and oxygen atoms in total. The molecule has 0 spiro atoms. The fourth-order valence-corrected chi connectivity index (χ4v) is 2.81. The first-order chi connectivity index (χ1) is 9.36. The third-order valence-electron chi connectivity index (χ3n) is 4.25. The van der Waals surface area contributed by atoms with E-state index in [4.69, 9.17) is 9.47 Å². The van der Waals surface area contributed by atoms with Gasteiger partial charge in [0.2, 0.25) is 0 Å². The highest BCUT2D eigenvalue weighted by Crippen LogP contribution is 2.35. The molecule has 3 heteroatoms. The van der Waals surface area contributed by atoms with Crippen LogP contribution in [0.3, 0.4) is 0 Å². The van der Waals surface area contributed by atoms with Gasteiger partial charge in [0.05, 0.1) is 13.2 Å². The zero-order valence-electron chi connectivity index (χ0n) is 11.7. The Hall–Kier alpha value is -1.22. The van der Waals surface area contributed by atoms with E-state index < -0.39 is 0 Å². The highest BCUT2D eigenvalue weighted by molar-refractivity contribution is 5.44. The molecule has 0 aromatic heterocycles. The molecule has 19 heavy (non-hydrogen) atoms. The first-order valence-electron chi connectivity index (χ1n) is 7.45. The van der Waals surface area contributed by atoms with Gasteiger partial charge in [-0.15, -0.1) is 0 Å². The largest absolute Gasteiger partial charge is 0.493 e. The first kappa shape index (κ1) is 12.8. The maximum Gasteiger partial charge on any atom is 0.161 e.